The molecule has 0 aliphatic heterocycles. The Labute approximate surface area is 193 Å². The summed E-state index contributed by atoms with van der Waals surface area (Å²) in [7, 11) is 5.72. The van der Waals surface area contributed by atoms with Crippen molar-refractivity contribution in [2.75, 3.05) is 26.0 Å². The SMILES string of the molecule is CN(C)CC#Cc1ccc2c(n1)n(CC1CCC(C(=O)Nc3ccncc3)CC1)c(=O)n2C. The van der Waals surface area contributed by atoms with Gasteiger partial charge in [0.05, 0.1) is 12.1 Å². The molecule has 0 unspecified atom stereocenters. The van der Waals surface area contributed by atoms with Crippen LogP contribution in [-0.2, 0) is 18.4 Å². The third-order valence-corrected chi connectivity index (χ3v) is 6.21. The molecule has 4 rings (SSSR count). The molecular formula is C25H30N6O2. The van der Waals surface area contributed by atoms with Crippen LogP contribution >= 0.6 is 0 Å². The first-order valence-corrected chi connectivity index (χ1v) is 11.3. The van der Waals surface area contributed by atoms with E-state index in [1.807, 2.05) is 31.1 Å². The summed E-state index contributed by atoms with van der Waals surface area (Å²) >= 11 is 0. The molecule has 8 heteroatoms. The van der Waals surface area contributed by atoms with Gasteiger partial charge in [-0.2, -0.15) is 0 Å². The molecule has 33 heavy (non-hydrogen) atoms. The summed E-state index contributed by atoms with van der Waals surface area (Å²) < 4.78 is 3.42. The second-order valence-corrected chi connectivity index (χ2v) is 8.97. The number of aryl methyl sites for hydroxylation is 1. The largest absolute Gasteiger partial charge is 0.330 e. The molecule has 1 amide bonds. The van der Waals surface area contributed by atoms with Crippen molar-refractivity contribution in [3.05, 3.63) is 52.8 Å². The Kier molecular flexibility index (Phi) is 6.90. The Balaban J connectivity index is 1.44. The first-order valence-electron chi connectivity index (χ1n) is 11.3. The van der Waals surface area contributed by atoms with Gasteiger partial charge >= 0.3 is 5.69 Å². The van der Waals surface area contributed by atoms with Gasteiger partial charge in [0.15, 0.2) is 5.65 Å². The lowest BCUT2D eigenvalue weighted by Crippen LogP contribution is -2.31. The van der Waals surface area contributed by atoms with E-state index in [1.54, 1.807) is 40.7 Å². The number of aromatic nitrogens is 4. The Bertz CT molecular complexity index is 1240. The van der Waals surface area contributed by atoms with Crippen LogP contribution in [0.15, 0.2) is 41.5 Å². The van der Waals surface area contributed by atoms with Gasteiger partial charge in [0.2, 0.25) is 5.91 Å². The minimum absolute atomic E-state index is 0.00430. The molecule has 0 saturated heterocycles. The molecule has 0 spiro atoms. The van der Waals surface area contributed by atoms with Crippen LogP contribution < -0.4 is 11.0 Å². The number of carbonyl (C=O) groups excluding carboxylic acids is 1. The van der Waals surface area contributed by atoms with Crippen LogP contribution in [-0.4, -0.2) is 50.5 Å². The van der Waals surface area contributed by atoms with Crippen LogP contribution in [0.4, 0.5) is 5.69 Å². The number of pyridine rings is 2. The van der Waals surface area contributed by atoms with Gasteiger partial charge in [0.25, 0.3) is 0 Å². The van der Waals surface area contributed by atoms with E-state index in [0.717, 1.165) is 36.9 Å². The first-order chi connectivity index (χ1) is 15.9. The summed E-state index contributed by atoms with van der Waals surface area (Å²) in [6, 6.07) is 7.37. The third-order valence-electron chi connectivity index (χ3n) is 6.21. The van der Waals surface area contributed by atoms with E-state index in [4.69, 9.17) is 0 Å². The number of hydrogen-bond acceptors (Lipinski definition) is 5. The number of amides is 1. The van der Waals surface area contributed by atoms with Crippen LogP contribution in [0.3, 0.4) is 0 Å². The summed E-state index contributed by atoms with van der Waals surface area (Å²) in [6.45, 7) is 1.26. The quantitative estimate of drug-likeness (QED) is 0.609. The molecule has 3 aromatic rings. The first kappa shape index (κ1) is 22.7. The number of rotatable bonds is 5. The fourth-order valence-electron chi connectivity index (χ4n) is 4.34. The molecule has 172 valence electrons. The minimum atomic E-state index is -0.0616. The zero-order valence-corrected chi connectivity index (χ0v) is 19.4. The highest BCUT2D eigenvalue weighted by Crippen LogP contribution is 2.31. The number of imidazole rings is 1. The monoisotopic (exact) mass is 446 g/mol. The van der Waals surface area contributed by atoms with Crippen molar-refractivity contribution in [1.29, 1.82) is 0 Å². The number of fused-ring (bicyclic) bond motifs is 1. The molecule has 3 aromatic heterocycles. The molecule has 0 atom stereocenters. The number of nitrogens with zero attached hydrogens (tertiary/aromatic N) is 5. The summed E-state index contributed by atoms with van der Waals surface area (Å²) in [5.41, 5.74) is 2.86. The topological polar surface area (TPSA) is 85.1 Å². The fourth-order valence-corrected chi connectivity index (χ4v) is 4.34. The van der Waals surface area contributed by atoms with Gasteiger partial charge in [-0.15, -0.1) is 0 Å². The Morgan fingerprint density at radius 3 is 2.58 bits per heavy atom. The fraction of sp³-hybridized carbons (Fsp3) is 0.440. The van der Waals surface area contributed by atoms with Gasteiger partial charge in [-0.3, -0.25) is 23.8 Å². The van der Waals surface area contributed by atoms with Gasteiger partial charge in [0, 0.05) is 37.6 Å². The van der Waals surface area contributed by atoms with Gasteiger partial charge in [-0.05, 0) is 75.9 Å². The lowest BCUT2D eigenvalue weighted by atomic mass is 9.81. The summed E-state index contributed by atoms with van der Waals surface area (Å²) in [6.07, 6.45) is 6.77. The minimum Gasteiger partial charge on any atom is -0.326 e. The molecular weight excluding hydrogens is 416 g/mol. The van der Waals surface area contributed by atoms with Crippen LogP contribution in [0.2, 0.25) is 0 Å². The predicted octanol–water partition coefficient (Wildman–Crippen LogP) is 2.49. The van der Waals surface area contributed by atoms with Gasteiger partial charge in [-0.25, -0.2) is 9.78 Å². The van der Waals surface area contributed by atoms with Crippen molar-refractivity contribution >= 4 is 22.8 Å². The van der Waals surface area contributed by atoms with Crippen LogP contribution in [0.25, 0.3) is 11.2 Å². The van der Waals surface area contributed by atoms with Crippen molar-refractivity contribution in [2.24, 2.45) is 18.9 Å². The zero-order valence-electron chi connectivity index (χ0n) is 19.4. The second kappa shape index (κ2) is 10.0. The lowest BCUT2D eigenvalue weighted by molar-refractivity contribution is -0.121. The maximum Gasteiger partial charge on any atom is 0.330 e. The molecule has 1 fully saturated rings. The average molecular weight is 447 g/mol. The predicted molar refractivity (Wildman–Crippen MR) is 129 cm³/mol. The van der Waals surface area contributed by atoms with E-state index in [2.05, 4.69) is 27.1 Å². The summed E-state index contributed by atoms with van der Waals surface area (Å²) in [5.74, 6) is 6.58. The standard InChI is InChI=1S/C25H30N6O2/c1-29(2)16-4-5-20-10-11-22-23(27-20)31(25(33)30(22)3)17-18-6-8-19(9-7-18)24(32)28-21-12-14-26-15-13-21/h10-15,18-19H,6-9,16-17H2,1-3H3,(H,26,28,32). The zero-order chi connectivity index (χ0) is 23.4. The smallest absolute Gasteiger partial charge is 0.326 e. The van der Waals surface area contributed by atoms with Crippen LogP contribution in [0.1, 0.15) is 31.4 Å². The Morgan fingerprint density at radius 2 is 1.88 bits per heavy atom. The van der Waals surface area contributed by atoms with E-state index >= 15 is 0 Å². The van der Waals surface area contributed by atoms with E-state index in [9.17, 15) is 9.59 Å². The molecule has 1 aliphatic rings. The van der Waals surface area contributed by atoms with Gasteiger partial charge in [0.1, 0.15) is 5.69 Å². The van der Waals surface area contributed by atoms with Gasteiger partial charge < -0.3 is 5.32 Å². The van der Waals surface area contributed by atoms with Crippen molar-refractivity contribution in [2.45, 2.75) is 32.2 Å². The second-order valence-electron chi connectivity index (χ2n) is 8.97. The Hall–Kier alpha value is -3.44. The van der Waals surface area contributed by atoms with Crippen molar-refractivity contribution < 1.29 is 4.79 Å². The van der Waals surface area contributed by atoms with Gasteiger partial charge in [-0.1, -0.05) is 5.92 Å². The Morgan fingerprint density at radius 1 is 1.15 bits per heavy atom. The van der Waals surface area contributed by atoms with E-state index in [-0.39, 0.29) is 17.5 Å². The number of nitrogens with one attached hydrogen (secondary N) is 1. The van der Waals surface area contributed by atoms with E-state index in [0.29, 0.717) is 30.3 Å². The lowest BCUT2D eigenvalue weighted by Gasteiger charge is -2.27. The molecule has 1 N–H and O–H groups in total. The molecule has 1 aliphatic carbocycles. The highest BCUT2D eigenvalue weighted by atomic mass is 16.2. The third kappa shape index (κ3) is 5.32. The highest BCUT2D eigenvalue weighted by molar-refractivity contribution is 5.92. The van der Waals surface area contributed by atoms with Crippen LogP contribution in [0.5, 0.6) is 0 Å². The number of anilines is 1. The van der Waals surface area contributed by atoms with E-state index in [1.165, 1.54) is 0 Å². The maximum absolute atomic E-state index is 12.9. The normalized spacial score (nSPS) is 18.2. The highest BCUT2D eigenvalue weighted by Gasteiger charge is 2.27. The van der Waals surface area contributed by atoms with E-state index < -0.39 is 0 Å². The molecule has 0 aromatic carbocycles. The summed E-state index contributed by atoms with van der Waals surface area (Å²) in [5, 5.41) is 2.98. The maximum atomic E-state index is 12.9. The molecule has 8 nitrogen and oxygen atoms in total. The number of hydrogen-bond donors (Lipinski definition) is 1. The molecule has 0 bridgehead atoms. The molecule has 1 saturated carbocycles. The molecule has 3 heterocycles. The van der Waals surface area contributed by atoms with Crippen molar-refractivity contribution in [3.8, 4) is 11.8 Å². The van der Waals surface area contributed by atoms with Crippen molar-refractivity contribution in [1.82, 2.24) is 24.0 Å². The average Bonchev–Trinajstić information content (AvgIpc) is 3.04. The molecule has 0 radical (unpaired) electrons. The number of carbonyl (C=O) groups is 1. The van der Waals surface area contributed by atoms with Crippen molar-refractivity contribution in [3.63, 3.8) is 0 Å². The summed E-state index contributed by atoms with van der Waals surface area (Å²) in [4.78, 5) is 36.2. The van der Waals surface area contributed by atoms with Crippen LogP contribution in [0, 0.1) is 23.7 Å².